The van der Waals surface area contributed by atoms with Gasteiger partial charge in [-0.1, -0.05) is 0 Å². The van der Waals surface area contributed by atoms with E-state index in [1.807, 2.05) is 13.1 Å². The highest BCUT2D eigenvalue weighted by molar-refractivity contribution is 7.17. The number of rotatable bonds is 3. The van der Waals surface area contributed by atoms with Gasteiger partial charge in [-0.2, -0.15) is 0 Å². The Labute approximate surface area is 142 Å². The first-order valence-corrected chi connectivity index (χ1v) is 8.58. The van der Waals surface area contributed by atoms with E-state index in [9.17, 15) is 4.79 Å². The van der Waals surface area contributed by atoms with Crippen LogP contribution in [-0.4, -0.2) is 36.5 Å². The minimum atomic E-state index is -0.0826. The minimum absolute atomic E-state index is 0.0826. The lowest BCUT2D eigenvalue weighted by molar-refractivity contribution is 0.0931. The van der Waals surface area contributed by atoms with Gasteiger partial charge in [-0.15, -0.1) is 11.3 Å². The molecule has 1 aliphatic heterocycles. The highest BCUT2D eigenvalue weighted by Gasteiger charge is 2.23. The van der Waals surface area contributed by atoms with Crippen LogP contribution < -0.4 is 5.32 Å². The number of hydrogen-bond acceptors (Lipinski definition) is 6. The van der Waals surface area contributed by atoms with Crippen LogP contribution in [0.1, 0.15) is 27.6 Å². The highest BCUT2D eigenvalue weighted by Crippen LogP contribution is 2.25. The fourth-order valence-electron chi connectivity index (χ4n) is 2.85. The van der Waals surface area contributed by atoms with Gasteiger partial charge in [-0.05, 0) is 19.4 Å². The number of fused-ring (bicyclic) bond motifs is 1. The third kappa shape index (κ3) is 2.80. The van der Waals surface area contributed by atoms with Crippen LogP contribution in [0.5, 0.6) is 0 Å². The molecule has 0 spiro atoms. The summed E-state index contributed by atoms with van der Waals surface area (Å²) in [6.07, 6.45) is 8.88. The molecule has 3 aromatic rings. The smallest absolute Gasteiger partial charge is 0.263 e. The van der Waals surface area contributed by atoms with Crippen molar-refractivity contribution in [2.75, 3.05) is 0 Å². The van der Waals surface area contributed by atoms with Gasteiger partial charge in [0, 0.05) is 43.8 Å². The molecule has 24 heavy (non-hydrogen) atoms. The zero-order valence-corrected chi connectivity index (χ0v) is 14.0. The zero-order chi connectivity index (χ0) is 16.5. The summed E-state index contributed by atoms with van der Waals surface area (Å²) in [7, 11) is 0. The maximum atomic E-state index is 12.6. The van der Waals surface area contributed by atoms with Crippen molar-refractivity contribution < 1.29 is 4.79 Å². The van der Waals surface area contributed by atoms with Crippen LogP contribution >= 0.6 is 11.3 Å². The van der Waals surface area contributed by atoms with E-state index in [1.165, 1.54) is 11.3 Å². The van der Waals surface area contributed by atoms with Crippen molar-refractivity contribution >= 4 is 17.2 Å². The molecule has 7 nitrogen and oxygen atoms in total. The predicted octanol–water partition coefficient (Wildman–Crippen LogP) is 1.85. The second kappa shape index (κ2) is 6.12. The molecule has 0 aliphatic carbocycles. The normalized spacial score (nSPS) is 16.6. The molecule has 0 bridgehead atoms. The van der Waals surface area contributed by atoms with Crippen molar-refractivity contribution in [3.05, 3.63) is 47.2 Å². The Kier molecular flexibility index (Phi) is 3.81. The number of thiazole rings is 1. The van der Waals surface area contributed by atoms with E-state index in [1.54, 1.807) is 24.7 Å². The SMILES string of the molecule is Cc1nc(-c2ncccn2)sc1C(=O)NC1CCc2nccn2C1. The lowest BCUT2D eigenvalue weighted by atomic mass is 10.1. The van der Waals surface area contributed by atoms with Crippen molar-refractivity contribution in [1.82, 2.24) is 29.8 Å². The van der Waals surface area contributed by atoms with Crippen LogP contribution in [0.2, 0.25) is 0 Å². The standard InChI is InChI=1S/C16H16N6OS/c1-10-13(24-16(20-10)14-18-5-2-6-19-14)15(23)21-11-3-4-12-17-7-8-22(12)9-11/h2,5-8,11H,3-4,9H2,1H3,(H,21,23). The maximum Gasteiger partial charge on any atom is 0.263 e. The van der Waals surface area contributed by atoms with Gasteiger partial charge in [0.25, 0.3) is 5.91 Å². The first-order valence-electron chi connectivity index (χ1n) is 7.76. The van der Waals surface area contributed by atoms with Gasteiger partial charge in [0.2, 0.25) is 0 Å². The number of amides is 1. The lowest BCUT2D eigenvalue weighted by Gasteiger charge is -2.24. The summed E-state index contributed by atoms with van der Waals surface area (Å²) in [6.45, 7) is 2.60. The molecule has 8 heteroatoms. The van der Waals surface area contributed by atoms with E-state index < -0.39 is 0 Å². The molecule has 0 aromatic carbocycles. The molecule has 3 aromatic heterocycles. The zero-order valence-electron chi connectivity index (χ0n) is 13.1. The molecule has 0 saturated heterocycles. The first-order chi connectivity index (χ1) is 11.7. The average Bonchev–Trinajstić information content (AvgIpc) is 3.21. The molecule has 1 unspecified atom stereocenters. The number of hydrogen-bond donors (Lipinski definition) is 1. The Morgan fingerprint density at radius 2 is 2.12 bits per heavy atom. The summed E-state index contributed by atoms with van der Waals surface area (Å²) >= 11 is 1.33. The molecule has 4 heterocycles. The van der Waals surface area contributed by atoms with Crippen molar-refractivity contribution in [2.24, 2.45) is 0 Å². The maximum absolute atomic E-state index is 12.6. The first kappa shape index (κ1) is 14.9. The van der Waals surface area contributed by atoms with Crippen molar-refractivity contribution in [3.8, 4) is 10.8 Å². The number of imidazole rings is 1. The van der Waals surface area contributed by atoms with Gasteiger partial charge < -0.3 is 9.88 Å². The van der Waals surface area contributed by atoms with E-state index in [4.69, 9.17) is 0 Å². The Morgan fingerprint density at radius 1 is 1.29 bits per heavy atom. The molecular weight excluding hydrogens is 324 g/mol. The van der Waals surface area contributed by atoms with Gasteiger partial charge in [0.15, 0.2) is 10.8 Å². The summed E-state index contributed by atoms with van der Waals surface area (Å²) in [5, 5.41) is 3.78. The van der Waals surface area contributed by atoms with Gasteiger partial charge in [-0.3, -0.25) is 4.79 Å². The summed E-state index contributed by atoms with van der Waals surface area (Å²) in [5.41, 5.74) is 0.707. The van der Waals surface area contributed by atoms with Crippen LogP contribution in [0.15, 0.2) is 30.9 Å². The van der Waals surface area contributed by atoms with E-state index >= 15 is 0 Å². The minimum Gasteiger partial charge on any atom is -0.347 e. The number of aromatic nitrogens is 5. The monoisotopic (exact) mass is 340 g/mol. The van der Waals surface area contributed by atoms with E-state index in [-0.39, 0.29) is 11.9 Å². The fourth-order valence-corrected chi connectivity index (χ4v) is 3.77. The fraction of sp³-hybridized carbons (Fsp3) is 0.312. The quantitative estimate of drug-likeness (QED) is 0.786. The summed E-state index contributed by atoms with van der Waals surface area (Å²) < 4.78 is 2.09. The van der Waals surface area contributed by atoms with Crippen LogP contribution in [0.3, 0.4) is 0 Å². The molecule has 1 amide bonds. The van der Waals surface area contributed by atoms with Gasteiger partial charge >= 0.3 is 0 Å². The number of nitrogens with zero attached hydrogens (tertiary/aromatic N) is 5. The van der Waals surface area contributed by atoms with Gasteiger partial charge in [-0.25, -0.2) is 19.9 Å². The largest absolute Gasteiger partial charge is 0.347 e. The number of nitrogens with one attached hydrogen (secondary N) is 1. The number of carbonyl (C=O) groups is 1. The third-order valence-corrected chi connectivity index (χ3v) is 5.18. The molecule has 0 fully saturated rings. The topological polar surface area (TPSA) is 85.6 Å². The molecular formula is C16H16N6OS. The highest BCUT2D eigenvalue weighted by atomic mass is 32.1. The van der Waals surface area contributed by atoms with E-state index in [2.05, 4.69) is 29.8 Å². The summed E-state index contributed by atoms with van der Waals surface area (Å²) in [4.78, 5) is 30.4. The number of aryl methyl sites for hydroxylation is 2. The third-order valence-electron chi connectivity index (χ3n) is 4.03. The Balaban J connectivity index is 1.50. The molecule has 1 atom stereocenters. The predicted molar refractivity (Wildman–Crippen MR) is 89.7 cm³/mol. The van der Waals surface area contributed by atoms with Crippen LogP contribution in [0.25, 0.3) is 10.8 Å². The Hall–Kier alpha value is -2.61. The van der Waals surface area contributed by atoms with Crippen molar-refractivity contribution in [2.45, 2.75) is 32.4 Å². The molecule has 0 saturated carbocycles. The molecule has 122 valence electrons. The van der Waals surface area contributed by atoms with E-state index in [0.717, 1.165) is 25.2 Å². The molecule has 1 N–H and O–H groups in total. The van der Waals surface area contributed by atoms with Gasteiger partial charge in [0.1, 0.15) is 10.7 Å². The van der Waals surface area contributed by atoms with Crippen LogP contribution in [0.4, 0.5) is 0 Å². The molecule has 0 radical (unpaired) electrons. The van der Waals surface area contributed by atoms with Crippen molar-refractivity contribution in [1.29, 1.82) is 0 Å². The molecule has 4 rings (SSSR count). The summed E-state index contributed by atoms with van der Waals surface area (Å²) in [5.74, 6) is 1.55. The lowest BCUT2D eigenvalue weighted by Crippen LogP contribution is -2.40. The second-order valence-corrected chi connectivity index (χ2v) is 6.71. The average molecular weight is 340 g/mol. The second-order valence-electron chi connectivity index (χ2n) is 5.71. The Morgan fingerprint density at radius 3 is 2.96 bits per heavy atom. The van der Waals surface area contributed by atoms with E-state index in [0.29, 0.717) is 21.4 Å². The summed E-state index contributed by atoms with van der Waals surface area (Å²) in [6, 6.07) is 1.86. The number of carbonyl (C=O) groups excluding carboxylic acids is 1. The van der Waals surface area contributed by atoms with Gasteiger partial charge in [0.05, 0.1) is 5.69 Å². The van der Waals surface area contributed by atoms with Crippen molar-refractivity contribution in [3.63, 3.8) is 0 Å². The van der Waals surface area contributed by atoms with Crippen LogP contribution in [-0.2, 0) is 13.0 Å². The Bertz CT molecular complexity index is 872. The van der Waals surface area contributed by atoms with Crippen LogP contribution in [0, 0.1) is 6.92 Å². The molecule has 1 aliphatic rings.